The van der Waals surface area contributed by atoms with E-state index in [1.165, 1.54) is 12.8 Å². The minimum atomic E-state index is -0.137. The van der Waals surface area contributed by atoms with Gasteiger partial charge < -0.3 is 10.4 Å². The maximum atomic E-state index is 12.1. The minimum absolute atomic E-state index is 0.0561. The fourth-order valence-electron chi connectivity index (χ4n) is 2.17. The highest BCUT2D eigenvalue weighted by Gasteiger charge is 2.38. The fraction of sp³-hybridized carbons (Fsp3) is 0.500. The Labute approximate surface area is 102 Å². The number of hydrogen-bond acceptors (Lipinski definition) is 2. The van der Waals surface area contributed by atoms with E-state index in [1.54, 1.807) is 18.2 Å². The third-order valence-electron chi connectivity index (χ3n) is 3.49. The van der Waals surface area contributed by atoms with Crippen molar-refractivity contribution in [3.8, 4) is 5.75 Å². The second-order valence-electron chi connectivity index (χ2n) is 5.45. The average molecular weight is 233 g/mol. The van der Waals surface area contributed by atoms with Crippen LogP contribution in [-0.4, -0.2) is 16.6 Å². The molecular weight excluding hydrogens is 214 g/mol. The molecule has 0 aromatic heterocycles. The minimum Gasteiger partial charge on any atom is -0.508 e. The summed E-state index contributed by atoms with van der Waals surface area (Å²) < 4.78 is 0. The van der Waals surface area contributed by atoms with Crippen molar-refractivity contribution >= 4 is 5.91 Å². The fourth-order valence-corrected chi connectivity index (χ4v) is 2.17. The van der Waals surface area contributed by atoms with E-state index in [0.717, 1.165) is 5.56 Å². The number of carbonyl (C=O) groups excluding carboxylic acids is 1. The zero-order valence-electron chi connectivity index (χ0n) is 10.6. The average Bonchev–Trinajstić information content (AvgIpc) is 2.98. The molecule has 1 saturated carbocycles. The summed E-state index contributed by atoms with van der Waals surface area (Å²) in [5.41, 5.74) is 1.30. The molecule has 0 saturated heterocycles. The second-order valence-corrected chi connectivity index (χ2v) is 5.45. The van der Waals surface area contributed by atoms with Crippen molar-refractivity contribution in [2.75, 3.05) is 0 Å². The van der Waals surface area contributed by atoms with Gasteiger partial charge in [0.05, 0.1) is 0 Å². The SMILES string of the molecule is Cc1cc(O)ccc1C(=O)NC(C)(C)C1CC1. The Hall–Kier alpha value is -1.51. The van der Waals surface area contributed by atoms with E-state index in [-0.39, 0.29) is 17.2 Å². The molecule has 1 fully saturated rings. The maximum Gasteiger partial charge on any atom is 0.251 e. The van der Waals surface area contributed by atoms with E-state index in [4.69, 9.17) is 0 Å². The van der Waals surface area contributed by atoms with Crippen LogP contribution in [0.15, 0.2) is 18.2 Å². The van der Waals surface area contributed by atoms with Crippen molar-refractivity contribution in [2.24, 2.45) is 5.92 Å². The summed E-state index contributed by atoms with van der Waals surface area (Å²) in [5.74, 6) is 0.740. The lowest BCUT2D eigenvalue weighted by Gasteiger charge is -2.26. The number of aryl methyl sites for hydroxylation is 1. The van der Waals surface area contributed by atoms with Crippen LogP contribution in [0.3, 0.4) is 0 Å². The Morgan fingerprint density at radius 1 is 1.41 bits per heavy atom. The van der Waals surface area contributed by atoms with Crippen molar-refractivity contribution < 1.29 is 9.90 Å². The molecule has 0 heterocycles. The molecular formula is C14H19NO2. The lowest BCUT2D eigenvalue weighted by atomic mass is 9.97. The predicted octanol–water partition coefficient (Wildman–Crippen LogP) is 2.62. The first-order chi connectivity index (χ1) is 7.90. The largest absolute Gasteiger partial charge is 0.508 e. The van der Waals surface area contributed by atoms with E-state index < -0.39 is 0 Å². The Balaban J connectivity index is 2.14. The lowest BCUT2D eigenvalue weighted by molar-refractivity contribution is 0.0902. The van der Waals surface area contributed by atoms with Gasteiger partial charge in [-0.1, -0.05) is 0 Å². The van der Waals surface area contributed by atoms with Crippen molar-refractivity contribution in [1.82, 2.24) is 5.32 Å². The zero-order valence-corrected chi connectivity index (χ0v) is 10.6. The van der Waals surface area contributed by atoms with E-state index in [0.29, 0.717) is 11.5 Å². The molecule has 17 heavy (non-hydrogen) atoms. The Morgan fingerprint density at radius 3 is 2.59 bits per heavy atom. The van der Waals surface area contributed by atoms with Gasteiger partial charge in [-0.2, -0.15) is 0 Å². The number of phenolic OH excluding ortho intramolecular Hbond substituents is 1. The van der Waals surface area contributed by atoms with Crippen LogP contribution in [0.5, 0.6) is 5.75 Å². The first-order valence-corrected chi connectivity index (χ1v) is 6.02. The first kappa shape index (κ1) is 12.0. The summed E-state index contributed by atoms with van der Waals surface area (Å²) in [7, 11) is 0. The van der Waals surface area contributed by atoms with Gasteiger partial charge in [0, 0.05) is 11.1 Å². The number of phenols is 1. The highest BCUT2D eigenvalue weighted by atomic mass is 16.3. The lowest BCUT2D eigenvalue weighted by Crippen LogP contribution is -2.45. The third-order valence-corrected chi connectivity index (χ3v) is 3.49. The number of amides is 1. The number of nitrogens with one attached hydrogen (secondary N) is 1. The van der Waals surface area contributed by atoms with Crippen LogP contribution in [0, 0.1) is 12.8 Å². The molecule has 1 aliphatic carbocycles. The van der Waals surface area contributed by atoms with Crippen molar-refractivity contribution in [3.05, 3.63) is 29.3 Å². The second kappa shape index (κ2) is 4.06. The molecule has 0 spiro atoms. The topological polar surface area (TPSA) is 49.3 Å². The molecule has 2 N–H and O–H groups in total. The number of aromatic hydroxyl groups is 1. The van der Waals surface area contributed by atoms with Crippen molar-refractivity contribution in [3.63, 3.8) is 0 Å². The van der Waals surface area contributed by atoms with Crippen molar-refractivity contribution in [1.29, 1.82) is 0 Å². The van der Waals surface area contributed by atoms with Crippen LogP contribution in [0.1, 0.15) is 42.6 Å². The highest BCUT2D eigenvalue weighted by molar-refractivity contribution is 5.96. The van der Waals surface area contributed by atoms with Gasteiger partial charge in [-0.25, -0.2) is 0 Å². The van der Waals surface area contributed by atoms with Crippen LogP contribution < -0.4 is 5.32 Å². The van der Waals surface area contributed by atoms with E-state index in [2.05, 4.69) is 19.2 Å². The van der Waals surface area contributed by atoms with Crippen LogP contribution >= 0.6 is 0 Å². The summed E-state index contributed by atoms with van der Waals surface area (Å²) >= 11 is 0. The van der Waals surface area contributed by atoms with Crippen molar-refractivity contribution in [2.45, 2.75) is 39.2 Å². The number of hydrogen-bond donors (Lipinski definition) is 2. The number of carbonyl (C=O) groups is 1. The summed E-state index contributed by atoms with van der Waals surface area (Å²) in [5, 5.41) is 12.4. The quantitative estimate of drug-likeness (QED) is 0.843. The summed E-state index contributed by atoms with van der Waals surface area (Å²) in [6, 6.07) is 4.83. The van der Waals surface area contributed by atoms with E-state index in [9.17, 15) is 9.90 Å². The molecule has 1 aromatic carbocycles. The smallest absolute Gasteiger partial charge is 0.251 e. The Kier molecular flexibility index (Phi) is 2.86. The molecule has 0 bridgehead atoms. The summed E-state index contributed by atoms with van der Waals surface area (Å²) in [6.45, 7) is 5.97. The predicted molar refractivity (Wildman–Crippen MR) is 67.1 cm³/mol. The van der Waals surface area contributed by atoms with Crippen LogP contribution in [0.2, 0.25) is 0 Å². The standard InChI is InChI=1S/C14H19NO2/c1-9-8-11(16)6-7-12(9)13(17)15-14(2,3)10-4-5-10/h6-8,10,16H,4-5H2,1-3H3,(H,15,17). The Morgan fingerprint density at radius 2 is 2.06 bits per heavy atom. The van der Waals surface area contributed by atoms with E-state index in [1.807, 2.05) is 6.92 Å². The van der Waals surface area contributed by atoms with Gasteiger partial charge in [-0.05, 0) is 63.3 Å². The van der Waals surface area contributed by atoms with Crippen LogP contribution in [0.25, 0.3) is 0 Å². The first-order valence-electron chi connectivity index (χ1n) is 6.02. The highest BCUT2D eigenvalue weighted by Crippen LogP contribution is 2.39. The molecule has 1 aromatic rings. The monoisotopic (exact) mass is 233 g/mol. The van der Waals surface area contributed by atoms with E-state index >= 15 is 0 Å². The molecule has 0 aliphatic heterocycles. The summed E-state index contributed by atoms with van der Waals surface area (Å²) in [6.07, 6.45) is 2.39. The maximum absolute atomic E-state index is 12.1. The van der Waals surface area contributed by atoms with Gasteiger partial charge in [-0.15, -0.1) is 0 Å². The molecule has 3 heteroatoms. The van der Waals surface area contributed by atoms with Gasteiger partial charge in [-0.3, -0.25) is 4.79 Å². The molecule has 1 amide bonds. The van der Waals surface area contributed by atoms with Gasteiger partial charge in [0.2, 0.25) is 0 Å². The number of rotatable bonds is 3. The zero-order chi connectivity index (χ0) is 12.6. The van der Waals surface area contributed by atoms with Gasteiger partial charge in [0.25, 0.3) is 5.91 Å². The van der Waals surface area contributed by atoms with Crippen LogP contribution in [0.4, 0.5) is 0 Å². The van der Waals surface area contributed by atoms with Gasteiger partial charge in [0.15, 0.2) is 0 Å². The summed E-state index contributed by atoms with van der Waals surface area (Å²) in [4.78, 5) is 12.1. The molecule has 2 rings (SSSR count). The van der Waals surface area contributed by atoms with Gasteiger partial charge in [0.1, 0.15) is 5.75 Å². The normalized spacial score (nSPS) is 15.7. The molecule has 3 nitrogen and oxygen atoms in total. The molecule has 92 valence electrons. The molecule has 1 aliphatic rings. The third kappa shape index (κ3) is 2.60. The molecule has 0 atom stereocenters. The number of benzene rings is 1. The van der Waals surface area contributed by atoms with Crippen LogP contribution in [-0.2, 0) is 0 Å². The Bertz CT molecular complexity index is 448. The molecule has 0 radical (unpaired) electrons. The molecule has 0 unspecified atom stereocenters. The van der Waals surface area contributed by atoms with Gasteiger partial charge >= 0.3 is 0 Å².